The molecular weight excluding hydrogens is 312 g/mol. The predicted molar refractivity (Wildman–Crippen MR) is 91.6 cm³/mol. The van der Waals surface area contributed by atoms with Gasteiger partial charge in [0.1, 0.15) is 0 Å². The second-order valence-electron chi connectivity index (χ2n) is 5.93. The van der Waals surface area contributed by atoms with Crippen LogP contribution in [0.25, 0.3) is 0 Å². The molecule has 1 aliphatic heterocycles. The highest BCUT2D eigenvalue weighted by molar-refractivity contribution is 7.89. The minimum absolute atomic E-state index is 0.126. The predicted octanol–water partition coefficient (Wildman–Crippen LogP) is 1.89. The zero-order chi connectivity index (χ0) is 16.7. The van der Waals surface area contributed by atoms with Gasteiger partial charge in [-0.05, 0) is 18.4 Å². The molecule has 1 fully saturated rings. The number of hydrogen-bond acceptors (Lipinski definition) is 3. The number of carbonyl (C=O) groups excluding carboxylic acids is 1. The van der Waals surface area contributed by atoms with Crippen molar-refractivity contribution < 1.29 is 13.2 Å². The standard InChI is InChI=1S/C17H26N2O3S/c1-2-3-9-17(20)18-11-13-19(14-12-18)23(21,22)15-10-16-7-5-4-6-8-16/h4-8H,2-3,9-15H2,1H3. The van der Waals surface area contributed by atoms with E-state index in [0.717, 1.165) is 18.4 Å². The molecule has 1 amide bonds. The van der Waals surface area contributed by atoms with E-state index < -0.39 is 10.0 Å². The van der Waals surface area contributed by atoms with Crippen LogP contribution in [0.4, 0.5) is 0 Å². The molecule has 2 rings (SSSR count). The molecule has 0 saturated carbocycles. The first-order valence-corrected chi connectivity index (χ1v) is 9.93. The van der Waals surface area contributed by atoms with Crippen molar-refractivity contribution in [1.29, 1.82) is 0 Å². The van der Waals surface area contributed by atoms with Gasteiger partial charge in [0.25, 0.3) is 0 Å². The number of nitrogens with zero attached hydrogens (tertiary/aromatic N) is 2. The van der Waals surface area contributed by atoms with Crippen LogP contribution in [0.2, 0.25) is 0 Å². The van der Waals surface area contributed by atoms with Crippen molar-refractivity contribution in [3.05, 3.63) is 35.9 Å². The van der Waals surface area contributed by atoms with Crippen LogP contribution in [0.15, 0.2) is 30.3 Å². The van der Waals surface area contributed by atoms with Crippen molar-refractivity contribution in [2.24, 2.45) is 0 Å². The van der Waals surface area contributed by atoms with Crippen LogP contribution in [0.1, 0.15) is 31.7 Å². The van der Waals surface area contributed by atoms with Gasteiger partial charge in [-0.25, -0.2) is 8.42 Å². The summed E-state index contributed by atoms with van der Waals surface area (Å²) in [4.78, 5) is 13.8. The lowest BCUT2D eigenvalue weighted by atomic mass is 10.2. The van der Waals surface area contributed by atoms with Crippen LogP contribution >= 0.6 is 0 Å². The second kappa shape index (κ2) is 8.45. The lowest BCUT2D eigenvalue weighted by Crippen LogP contribution is -2.51. The van der Waals surface area contributed by atoms with Crippen molar-refractivity contribution in [2.75, 3.05) is 31.9 Å². The summed E-state index contributed by atoms with van der Waals surface area (Å²) in [6, 6.07) is 9.65. The Hall–Kier alpha value is -1.40. The molecule has 1 aromatic rings. The molecule has 1 heterocycles. The van der Waals surface area contributed by atoms with Crippen LogP contribution in [0, 0.1) is 0 Å². The smallest absolute Gasteiger partial charge is 0.222 e. The molecule has 0 unspecified atom stereocenters. The summed E-state index contributed by atoms with van der Waals surface area (Å²) in [6.45, 7) is 3.90. The number of carbonyl (C=O) groups is 1. The van der Waals surface area contributed by atoms with Gasteiger partial charge in [-0.2, -0.15) is 4.31 Å². The van der Waals surface area contributed by atoms with E-state index in [-0.39, 0.29) is 11.7 Å². The molecule has 0 aromatic heterocycles. The van der Waals surface area contributed by atoms with Gasteiger partial charge in [0.2, 0.25) is 15.9 Å². The molecule has 0 N–H and O–H groups in total. The molecule has 0 bridgehead atoms. The van der Waals surface area contributed by atoms with Gasteiger partial charge in [-0.15, -0.1) is 0 Å². The van der Waals surface area contributed by atoms with Gasteiger partial charge in [0.05, 0.1) is 5.75 Å². The highest BCUT2D eigenvalue weighted by Crippen LogP contribution is 2.12. The molecule has 23 heavy (non-hydrogen) atoms. The lowest BCUT2D eigenvalue weighted by molar-refractivity contribution is -0.132. The summed E-state index contributed by atoms with van der Waals surface area (Å²) in [6.07, 6.45) is 2.99. The fourth-order valence-electron chi connectivity index (χ4n) is 2.72. The van der Waals surface area contributed by atoms with Gasteiger partial charge in [-0.3, -0.25) is 4.79 Å². The van der Waals surface area contributed by atoms with Gasteiger partial charge < -0.3 is 4.90 Å². The highest BCUT2D eigenvalue weighted by Gasteiger charge is 2.28. The first-order valence-electron chi connectivity index (χ1n) is 8.32. The van der Waals surface area contributed by atoms with E-state index in [1.165, 1.54) is 4.31 Å². The molecule has 5 nitrogen and oxygen atoms in total. The van der Waals surface area contributed by atoms with Crippen molar-refractivity contribution in [1.82, 2.24) is 9.21 Å². The molecule has 0 radical (unpaired) electrons. The van der Waals surface area contributed by atoms with Gasteiger partial charge in [0, 0.05) is 32.6 Å². The van der Waals surface area contributed by atoms with Gasteiger partial charge in [-0.1, -0.05) is 43.7 Å². The number of hydrogen-bond donors (Lipinski definition) is 0. The van der Waals surface area contributed by atoms with Crippen LogP contribution in [-0.4, -0.2) is 55.5 Å². The second-order valence-corrected chi connectivity index (χ2v) is 8.02. The fourth-order valence-corrected chi connectivity index (χ4v) is 4.19. The summed E-state index contributed by atoms with van der Waals surface area (Å²) in [5.74, 6) is 0.272. The van der Waals surface area contributed by atoms with E-state index in [4.69, 9.17) is 0 Å². The molecular formula is C17H26N2O3S. The van der Waals surface area contributed by atoms with E-state index in [2.05, 4.69) is 6.92 Å². The van der Waals surface area contributed by atoms with Crippen molar-refractivity contribution in [2.45, 2.75) is 32.6 Å². The molecule has 128 valence electrons. The topological polar surface area (TPSA) is 57.7 Å². The zero-order valence-electron chi connectivity index (χ0n) is 13.8. The van der Waals surface area contributed by atoms with E-state index in [1.807, 2.05) is 30.3 Å². The zero-order valence-corrected chi connectivity index (χ0v) is 14.6. The van der Waals surface area contributed by atoms with E-state index in [1.54, 1.807) is 4.90 Å². The molecule has 1 saturated heterocycles. The Bertz CT molecular complexity index is 594. The molecule has 1 aromatic carbocycles. The third-order valence-electron chi connectivity index (χ3n) is 4.22. The average molecular weight is 338 g/mol. The summed E-state index contributed by atoms with van der Waals surface area (Å²) in [7, 11) is -3.25. The minimum atomic E-state index is -3.25. The maximum absolute atomic E-state index is 12.4. The number of piperazine rings is 1. The van der Waals surface area contributed by atoms with Crippen molar-refractivity contribution in [3.8, 4) is 0 Å². The summed E-state index contributed by atoms with van der Waals surface area (Å²) >= 11 is 0. The quantitative estimate of drug-likeness (QED) is 0.763. The molecule has 0 aliphatic carbocycles. The summed E-state index contributed by atoms with van der Waals surface area (Å²) in [5, 5.41) is 0. The number of sulfonamides is 1. The summed E-state index contributed by atoms with van der Waals surface area (Å²) in [5.41, 5.74) is 1.03. The molecule has 1 aliphatic rings. The Morgan fingerprint density at radius 2 is 1.74 bits per heavy atom. The Morgan fingerprint density at radius 3 is 2.35 bits per heavy atom. The molecule has 6 heteroatoms. The number of amides is 1. The van der Waals surface area contributed by atoms with Crippen molar-refractivity contribution >= 4 is 15.9 Å². The average Bonchev–Trinajstić information content (AvgIpc) is 2.59. The van der Waals surface area contributed by atoms with Crippen LogP contribution in [-0.2, 0) is 21.2 Å². The number of aryl methyl sites for hydroxylation is 1. The number of rotatable bonds is 7. The molecule has 0 atom stereocenters. The van der Waals surface area contributed by atoms with Crippen LogP contribution < -0.4 is 0 Å². The summed E-state index contributed by atoms with van der Waals surface area (Å²) < 4.78 is 26.4. The van der Waals surface area contributed by atoms with E-state index in [9.17, 15) is 13.2 Å². The number of benzene rings is 1. The lowest BCUT2D eigenvalue weighted by Gasteiger charge is -2.34. The third kappa shape index (κ3) is 5.32. The fraction of sp³-hybridized carbons (Fsp3) is 0.588. The highest BCUT2D eigenvalue weighted by atomic mass is 32.2. The minimum Gasteiger partial charge on any atom is -0.340 e. The van der Waals surface area contributed by atoms with Gasteiger partial charge >= 0.3 is 0 Å². The number of unbranched alkanes of at least 4 members (excludes halogenated alkanes) is 1. The third-order valence-corrected chi connectivity index (χ3v) is 6.09. The van der Waals surface area contributed by atoms with Crippen molar-refractivity contribution in [3.63, 3.8) is 0 Å². The largest absolute Gasteiger partial charge is 0.340 e. The van der Waals surface area contributed by atoms with Crippen LogP contribution in [0.5, 0.6) is 0 Å². The molecule has 0 spiro atoms. The maximum atomic E-state index is 12.4. The van der Waals surface area contributed by atoms with Gasteiger partial charge in [0.15, 0.2) is 0 Å². The van der Waals surface area contributed by atoms with E-state index in [0.29, 0.717) is 39.0 Å². The van der Waals surface area contributed by atoms with Crippen LogP contribution in [0.3, 0.4) is 0 Å². The Morgan fingerprint density at radius 1 is 1.09 bits per heavy atom. The first-order chi connectivity index (χ1) is 11.0. The van der Waals surface area contributed by atoms with E-state index >= 15 is 0 Å². The Kier molecular flexibility index (Phi) is 6.59. The SMILES string of the molecule is CCCCC(=O)N1CCN(S(=O)(=O)CCc2ccccc2)CC1. The Balaban J connectivity index is 1.82. The Labute approximate surface area is 139 Å². The monoisotopic (exact) mass is 338 g/mol. The normalized spacial score (nSPS) is 16.5. The maximum Gasteiger partial charge on any atom is 0.222 e. The first kappa shape index (κ1) is 17.9.